The van der Waals surface area contributed by atoms with Crippen molar-refractivity contribution in [2.45, 2.75) is 13.8 Å². The van der Waals surface area contributed by atoms with Crippen LogP contribution in [0, 0.1) is 25.5 Å². The second-order valence-electron chi connectivity index (χ2n) is 4.13. The lowest BCUT2D eigenvalue weighted by atomic mass is 10.3. The molecule has 92 valence electrons. The largest absolute Gasteiger partial charge is 0.205 e. The Morgan fingerprint density at radius 1 is 0.667 bits per heavy atom. The van der Waals surface area contributed by atoms with Crippen molar-refractivity contribution in [1.82, 2.24) is 0 Å². The maximum atomic E-state index is 14.1. The quantitative estimate of drug-likeness (QED) is 0.358. The van der Waals surface area contributed by atoms with Gasteiger partial charge in [0.25, 0.3) is 0 Å². The molecule has 0 fully saturated rings. The summed E-state index contributed by atoms with van der Waals surface area (Å²) in [5.41, 5.74) is 0. The maximum absolute atomic E-state index is 14.1. The Kier molecular flexibility index (Phi) is 2.20. The number of rotatable bonds is 0. The van der Waals surface area contributed by atoms with Crippen LogP contribution in [-0.4, -0.2) is 0 Å². The van der Waals surface area contributed by atoms with Gasteiger partial charge in [-0.05, 0) is 13.8 Å². The third kappa shape index (κ3) is 1.22. The fraction of sp³-hybridized carbons (Fsp3) is 0.167. The molecule has 0 saturated carbocycles. The average molecular weight is 316 g/mol. The van der Waals surface area contributed by atoms with Gasteiger partial charge in [-0.2, -0.15) is 0 Å². The van der Waals surface area contributed by atoms with E-state index in [0.717, 1.165) is 17.4 Å². The third-order valence-electron chi connectivity index (χ3n) is 3.01. The number of hydrogen-bond acceptors (Lipinski definition) is 4. The van der Waals surface area contributed by atoms with E-state index in [0.29, 0.717) is 20.5 Å². The van der Waals surface area contributed by atoms with Crippen LogP contribution < -0.4 is 0 Å². The minimum atomic E-state index is -0.132. The van der Waals surface area contributed by atoms with E-state index in [2.05, 4.69) is 0 Å². The molecular formula is C12H6F2S4. The molecule has 0 radical (unpaired) electrons. The summed E-state index contributed by atoms with van der Waals surface area (Å²) in [4.78, 5) is 1.43. The Morgan fingerprint density at radius 3 is 1.44 bits per heavy atom. The molecule has 0 aliphatic carbocycles. The summed E-state index contributed by atoms with van der Waals surface area (Å²) in [6, 6.07) is 0. The molecule has 0 saturated heterocycles. The standard InChI is InChI=1S/C12H6F2S4/c1-3-7(13)5-9-10(17-11(5)15-3)6-8(14)4(2)16-12(6)18-9/h1-2H3. The first-order valence-corrected chi connectivity index (χ1v) is 8.53. The molecule has 0 aliphatic rings. The molecule has 0 unspecified atom stereocenters. The van der Waals surface area contributed by atoms with Gasteiger partial charge in [-0.15, -0.1) is 45.3 Å². The predicted octanol–water partition coefficient (Wildman–Crippen LogP) is 6.29. The highest BCUT2D eigenvalue weighted by molar-refractivity contribution is 7.49. The molecule has 4 heterocycles. The highest BCUT2D eigenvalue weighted by atomic mass is 32.2. The molecule has 6 heteroatoms. The average Bonchev–Trinajstić information content (AvgIpc) is 2.95. The van der Waals surface area contributed by atoms with E-state index in [1.807, 2.05) is 0 Å². The molecule has 18 heavy (non-hydrogen) atoms. The van der Waals surface area contributed by atoms with Crippen LogP contribution in [0.1, 0.15) is 9.75 Å². The van der Waals surface area contributed by atoms with E-state index >= 15 is 0 Å². The highest BCUT2D eigenvalue weighted by Gasteiger charge is 2.22. The number of fused-ring (bicyclic) bond motifs is 5. The minimum Gasteiger partial charge on any atom is -0.205 e. The molecule has 0 N–H and O–H groups in total. The van der Waals surface area contributed by atoms with Gasteiger partial charge in [-0.3, -0.25) is 0 Å². The van der Waals surface area contributed by atoms with Crippen LogP contribution in [0.4, 0.5) is 8.78 Å². The Labute approximate surface area is 117 Å². The summed E-state index contributed by atoms with van der Waals surface area (Å²) in [5.74, 6) is -0.264. The summed E-state index contributed by atoms with van der Waals surface area (Å²) in [5, 5.41) is 1.39. The zero-order valence-corrected chi connectivity index (χ0v) is 12.7. The lowest BCUT2D eigenvalue weighted by molar-refractivity contribution is 0.637. The lowest BCUT2D eigenvalue weighted by Crippen LogP contribution is -1.70. The topological polar surface area (TPSA) is 0 Å². The zero-order chi connectivity index (χ0) is 12.6. The third-order valence-corrected chi connectivity index (χ3v) is 7.89. The van der Waals surface area contributed by atoms with E-state index < -0.39 is 0 Å². The highest BCUT2D eigenvalue weighted by Crippen LogP contribution is 2.51. The molecule has 0 spiro atoms. The smallest absolute Gasteiger partial charge is 0.146 e. The van der Waals surface area contributed by atoms with Crippen molar-refractivity contribution in [2.24, 2.45) is 0 Å². The van der Waals surface area contributed by atoms with Crippen molar-refractivity contribution >= 4 is 73.5 Å². The zero-order valence-electron chi connectivity index (χ0n) is 9.39. The Balaban J connectivity index is 2.30. The van der Waals surface area contributed by atoms with Crippen LogP contribution in [0.3, 0.4) is 0 Å². The molecule has 0 amide bonds. The molecule has 4 aromatic rings. The van der Waals surface area contributed by atoms with Crippen LogP contribution in [0.15, 0.2) is 0 Å². The van der Waals surface area contributed by atoms with Crippen molar-refractivity contribution in [3.8, 4) is 0 Å². The van der Waals surface area contributed by atoms with Crippen LogP contribution in [0.2, 0.25) is 0 Å². The Morgan fingerprint density at radius 2 is 1.06 bits per heavy atom. The SMILES string of the molecule is Cc1sc2sc3c(sc4sc(C)c(F)c43)c2c1F. The second kappa shape index (κ2) is 3.50. The van der Waals surface area contributed by atoms with Gasteiger partial charge in [0, 0.05) is 9.75 Å². The van der Waals surface area contributed by atoms with Gasteiger partial charge in [-0.25, -0.2) is 8.78 Å². The molecule has 0 bridgehead atoms. The Hall–Kier alpha value is -0.560. The first-order chi connectivity index (χ1) is 8.58. The first-order valence-electron chi connectivity index (χ1n) is 5.26. The van der Waals surface area contributed by atoms with E-state index in [1.165, 1.54) is 45.3 Å². The van der Waals surface area contributed by atoms with Crippen molar-refractivity contribution in [3.63, 3.8) is 0 Å². The van der Waals surface area contributed by atoms with Crippen molar-refractivity contribution < 1.29 is 8.78 Å². The predicted molar refractivity (Wildman–Crippen MR) is 79.9 cm³/mol. The van der Waals surface area contributed by atoms with E-state index in [9.17, 15) is 8.78 Å². The van der Waals surface area contributed by atoms with Gasteiger partial charge < -0.3 is 0 Å². The van der Waals surface area contributed by atoms with Gasteiger partial charge >= 0.3 is 0 Å². The Bertz CT molecular complexity index is 842. The van der Waals surface area contributed by atoms with Crippen LogP contribution in [-0.2, 0) is 0 Å². The number of aryl methyl sites for hydroxylation is 2. The fourth-order valence-electron chi connectivity index (χ4n) is 2.14. The van der Waals surface area contributed by atoms with Gasteiger partial charge in [0.2, 0.25) is 0 Å². The molecule has 0 atom stereocenters. The number of thiophene rings is 4. The second-order valence-corrected chi connectivity index (χ2v) is 9.14. The van der Waals surface area contributed by atoms with Gasteiger partial charge in [0.15, 0.2) is 0 Å². The van der Waals surface area contributed by atoms with E-state index in [4.69, 9.17) is 0 Å². The van der Waals surface area contributed by atoms with Crippen LogP contribution in [0.5, 0.6) is 0 Å². The van der Waals surface area contributed by atoms with E-state index in [1.54, 1.807) is 13.8 Å². The lowest BCUT2D eigenvalue weighted by Gasteiger charge is -1.85. The summed E-state index contributed by atoms with van der Waals surface area (Å²) >= 11 is 5.95. The molecule has 4 rings (SSSR count). The summed E-state index contributed by atoms with van der Waals surface area (Å²) in [7, 11) is 0. The van der Waals surface area contributed by atoms with E-state index in [-0.39, 0.29) is 11.6 Å². The number of halogens is 2. The van der Waals surface area contributed by atoms with Crippen molar-refractivity contribution in [1.29, 1.82) is 0 Å². The number of hydrogen-bond donors (Lipinski definition) is 0. The maximum Gasteiger partial charge on any atom is 0.146 e. The molecule has 0 aliphatic heterocycles. The molecule has 0 nitrogen and oxygen atoms in total. The normalized spacial score (nSPS) is 12.4. The molecule has 0 aromatic carbocycles. The fourth-order valence-corrected chi connectivity index (χ4v) is 7.69. The van der Waals surface area contributed by atoms with Crippen molar-refractivity contribution in [2.75, 3.05) is 0 Å². The van der Waals surface area contributed by atoms with Gasteiger partial charge in [0.05, 0.1) is 28.2 Å². The summed E-state index contributed by atoms with van der Waals surface area (Å²) in [6.45, 7) is 3.58. The van der Waals surface area contributed by atoms with Gasteiger partial charge in [-0.1, -0.05) is 0 Å². The first kappa shape index (κ1) is 11.3. The molecule has 4 aromatic heterocycles. The summed E-state index contributed by atoms with van der Waals surface area (Å²) in [6.07, 6.45) is 0. The van der Waals surface area contributed by atoms with Crippen LogP contribution in [0.25, 0.3) is 28.2 Å². The van der Waals surface area contributed by atoms with Crippen molar-refractivity contribution in [3.05, 3.63) is 21.4 Å². The molecular weight excluding hydrogens is 310 g/mol. The van der Waals surface area contributed by atoms with Crippen LogP contribution >= 0.6 is 45.3 Å². The minimum absolute atomic E-state index is 0.132. The monoisotopic (exact) mass is 316 g/mol. The van der Waals surface area contributed by atoms with Gasteiger partial charge in [0.1, 0.15) is 11.6 Å². The summed E-state index contributed by atoms with van der Waals surface area (Å²) < 4.78 is 31.9.